The van der Waals surface area contributed by atoms with E-state index in [0.29, 0.717) is 19.6 Å². The summed E-state index contributed by atoms with van der Waals surface area (Å²) >= 11 is 0. The molecule has 1 saturated heterocycles. The number of nitrogens with zero attached hydrogens (tertiary/aromatic N) is 3. The highest BCUT2D eigenvalue weighted by Crippen LogP contribution is 2.30. The van der Waals surface area contributed by atoms with Crippen LogP contribution in [0.15, 0.2) is 48.8 Å². The molecule has 1 aromatic heterocycles. The van der Waals surface area contributed by atoms with E-state index in [1.54, 1.807) is 7.11 Å². The van der Waals surface area contributed by atoms with Crippen molar-refractivity contribution in [2.24, 2.45) is 0 Å². The normalized spacial score (nSPS) is 18.2. The van der Waals surface area contributed by atoms with Crippen LogP contribution in [0.3, 0.4) is 0 Å². The molecule has 7 heteroatoms. The summed E-state index contributed by atoms with van der Waals surface area (Å²) in [4.78, 5) is 6.78. The van der Waals surface area contributed by atoms with Crippen molar-refractivity contribution in [1.29, 1.82) is 0 Å². The van der Waals surface area contributed by atoms with Gasteiger partial charge >= 0.3 is 0 Å². The lowest BCUT2D eigenvalue weighted by molar-refractivity contribution is -0.0170. The van der Waals surface area contributed by atoms with Crippen LogP contribution >= 0.6 is 0 Å². The van der Waals surface area contributed by atoms with E-state index < -0.39 is 5.60 Å². The van der Waals surface area contributed by atoms with E-state index in [0.717, 1.165) is 80.5 Å². The van der Waals surface area contributed by atoms with Gasteiger partial charge in [0.05, 0.1) is 19.3 Å². The number of aromatic nitrogens is 2. The highest BCUT2D eigenvalue weighted by molar-refractivity contribution is 5.43. The molecule has 0 radical (unpaired) electrons. The first-order chi connectivity index (χ1) is 18.4. The first-order valence-electron chi connectivity index (χ1n) is 13.8. The van der Waals surface area contributed by atoms with E-state index in [9.17, 15) is 5.11 Å². The lowest BCUT2D eigenvalue weighted by Gasteiger charge is -2.27. The van der Waals surface area contributed by atoms with Crippen LogP contribution in [0, 0.1) is 13.8 Å². The van der Waals surface area contributed by atoms with Crippen LogP contribution in [0.2, 0.25) is 0 Å². The molecule has 206 valence electrons. The van der Waals surface area contributed by atoms with Crippen molar-refractivity contribution in [2.75, 3.05) is 33.4 Å². The van der Waals surface area contributed by atoms with Crippen LogP contribution in [0.4, 0.5) is 0 Å². The van der Waals surface area contributed by atoms with Crippen molar-refractivity contribution in [3.63, 3.8) is 0 Å². The number of hydrogen-bond donors (Lipinski definition) is 1. The van der Waals surface area contributed by atoms with Gasteiger partial charge in [0.2, 0.25) is 0 Å². The van der Waals surface area contributed by atoms with Crippen molar-refractivity contribution in [3.05, 3.63) is 71.3 Å². The van der Waals surface area contributed by atoms with Crippen LogP contribution in [0.5, 0.6) is 17.2 Å². The number of imidazole rings is 1. The molecule has 0 bridgehead atoms. The Balaban J connectivity index is 1.26. The van der Waals surface area contributed by atoms with Gasteiger partial charge in [-0.3, -0.25) is 4.90 Å². The third kappa shape index (κ3) is 7.51. The van der Waals surface area contributed by atoms with Crippen molar-refractivity contribution in [3.8, 4) is 17.2 Å². The fraction of sp³-hybridized carbons (Fsp3) is 0.516. The summed E-state index contributed by atoms with van der Waals surface area (Å²) in [5, 5.41) is 11.3. The summed E-state index contributed by atoms with van der Waals surface area (Å²) in [5.41, 5.74) is 2.69. The predicted octanol–water partition coefficient (Wildman–Crippen LogP) is 5.34. The summed E-state index contributed by atoms with van der Waals surface area (Å²) < 4.78 is 19.9. The quantitative estimate of drug-likeness (QED) is 0.325. The maximum Gasteiger partial charge on any atom is 0.161 e. The highest BCUT2D eigenvalue weighted by Gasteiger charge is 2.31. The molecule has 0 aliphatic carbocycles. The first-order valence-corrected chi connectivity index (χ1v) is 13.8. The van der Waals surface area contributed by atoms with Crippen molar-refractivity contribution in [1.82, 2.24) is 14.5 Å². The molecule has 3 aromatic rings. The van der Waals surface area contributed by atoms with E-state index in [4.69, 9.17) is 14.2 Å². The minimum absolute atomic E-state index is 0.325. The number of methoxy groups -OCH3 is 1. The van der Waals surface area contributed by atoms with Crippen LogP contribution in [-0.4, -0.2) is 58.6 Å². The number of benzene rings is 2. The Morgan fingerprint density at radius 1 is 1.00 bits per heavy atom. The molecule has 0 unspecified atom stereocenters. The SMILES string of the molecule is CCc1nccn1CCCOc1ccc(CN2CCC[C@@](O)(COc3ccc(C)cc3C)CC2)cc1OC. The summed E-state index contributed by atoms with van der Waals surface area (Å²) in [5.74, 6) is 3.48. The lowest BCUT2D eigenvalue weighted by atomic mass is 9.96. The van der Waals surface area contributed by atoms with Crippen LogP contribution in [0.25, 0.3) is 0 Å². The maximum absolute atomic E-state index is 11.3. The van der Waals surface area contributed by atoms with Gasteiger partial charge in [-0.05, 0) is 75.4 Å². The number of hydrogen-bond acceptors (Lipinski definition) is 6. The number of rotatable bonds is 12. The summed E-state index contributed by atoms with van der Waals surface area (Å²) in [6.45, 7) is 10.7. The molecule has 1 aliphatic rings. The van der Waals surface area contributed by atoms with E-state index in [1.807, 2.05) is 24.5 Å². The number of ether oxygens (including phenoxy) is 3. The van der Waals surface area contributed by atoms with E-state index in [-0.39, 0.29) is 0 Å². The topological polar surface area (TPSA) is 69.0 Å². The van der Waals surface area contributed by atoms with Crippen molar-refractivity contribution in [2.45, 2.75) is 71.6 Å². The standard InChI is InChI=1S/C31H43N3O4/c1-5-30-32-14-18-34(30)16-7-19-37-28-11-9-26(21-29(28)36-4)22-33-15-6-12-31(35,13-17-33)23-38-27-10-8-24(2)20-25(27)3/h8-11,14,18,20-21,35H,5-7,12-13,15-17,19,22-23H2,1-4H3/t31-/m0/s1. The van der Waals surface area contributed by atoms with Gasteiger partial charge in [-0.1, -0.05) is 30.7 Å². The van der Waals surface area contributed by atoms with Gasteiger partial charge in [0, 0.05) is 38.4 Å². The molecule has 2 heterocycles. The molecule has 1 N–H and O–H groups in total. The summed E-state index contributed by atoms with van der Waals surface area (Å²) in [7, 11) is 1.69. The molecular weight excluding hydrogens is 478 g/mol. The maximum atomic E-state index is 11.3. The molecule has 1 fully saturated rings. The Labute approximate surface area is 227 Å². The zero-order chi connectivity index (χ0) is 27.0. The highest BCUT2D eigenvalue weighted by atomic mass is 16.5. The molecule has 0 spiro atoms. The Hall–Kier alpha value is -3.03. The summed E-state index contributed by atoms with van der Waals surface area (Å²) in [6, 6.07) is 12.4. The number of aliphatic hydroxyl groups is 1. The molecule has 1 aliphatic heterocycles. The molecular formula is C31H43N3O4. The summed E-state index contributed by atoms with van der Waals surface area (Å²) in [6.07, 6.45) is 8.07. The van der Waals surface area contributed by atoms with Gasteiger partial charge < -0.3 is 23.9 Å². The minimum Gasteiger partial charge on any atom is -0.493 e. The minimum atomic E-state index is -0.809. The Kier molecular flexibility index (Phi) is 9.69. The average molecular weight is 522 g/mol. The Morgan fingerprint density at radius 2 is 1.84 bits per heavy atom. The molecule has 1 atom stereocenters. The molecule has 4 rings (SSSR count). The largest absolute Gasteiger partial charge is 0.493 e. The van der Waals surface area contributed by atoms with Crippen molar-refractivity contribution < 1.29 is 19.3 Å². The second-order valence-electron chi connectivity index (χ2n) is 10.5. The average Bonchev–Trinajstić information content (AvgIpc) is 3.29. The van der Waals surface area contributed by atoms with Gasteiger partial charge in [0.25, 0.3) is 0 Å². The van der Waals surface area contributed by atoms with E-state index in [1.165, 1.54) is 11.1 Å². The Morgan fingerprint density at radius 3 is 2.63 bits per heavy atom. The van der Waals surface area contributed by atoms with Gasteiger partial charge in [-0.25, -0.2) is 4.98 Å². The molecule has 2 aromatic carbocycles. The lowest BCUT2D eigenvalue weighted by Crippen LogP contribution is -2.37. The molecule has 7 nitrogen and oxygen atoms in total. The zero-order valence-corrected chi connectivity index (χ0v) is 23.4. The predicted molar refractivity (Wildman–Crippen MR) is 150 cm³/mol. The van der Waals surface area contributed by atoms with Gasteiger partial charge in [-0.15, -0.1) is 0 Å². The van der Waals surface area contributed by atoms with E-state index >= 15 is 0 Å². The van der Waals surface area contributed by atoms with Gasteiger partial charge in [0.1, 0.15) is 18.2 Å². The molecule has 0 amide bonds. The fourth-order valence-corrected chi connectivity index (χ4v) is 5.17. The number of aryl methyl sites for hydroxylation is 4. The second-order valence-corrected chi connectivity index (χ2v) is 10.5. The fourth-order valence-electron chi connectivity index (χ4n) is 5.17. The Bertz CT molecular complexity index is 1180. The third-order valence-electron chi connectivity index (χ3n) is 7.39. The monoisotopic (exact) mass is 521 g/mol. The number of likely N-dealkylation sites (tertiary alicyclic amines) is 1. The van der Waals surface area contributed by atoms with Crippen LogP contribution in [-0.2, 0) is 19.5 Å². The first kappa shape index (κ1) is 28.0. The third-order valence-corrected chi connectivity index (χ3v) is 7.39. The van der Waals surface area contributed by atoms with E-state index in [2.05, 4.69) is 59.5 Å². The smallest absolute Gasteiger partial charge is 0.161 e. The van der Waals surface area contributed by atoms with Crippen molar-refractivity contribution >= 4 is 0 Å². The van der Waals surface area contributed by atoms with Gasteiger partial charge in [-0.2, -0.15) is 0 Å². The zero-order valence-electron chi connectivity index (χ0n) is 23.4. The molecule has 0 saturated carbocycles. The van der Waals surface area contributed by atoms with Crippen LogP contribution < -0.4 is 14.2 Å². The van der Waals surface area contributed by atoms with Crippen LogP contribution in [0.1, 0.15) is 55.1 Å². The molecule has 38 heavy (non-hydrogen) atoms. The second kappa shape index (κ2) is 13.2. The van der Waals surface area contributed by atoms with Gasteiger partial charge in [0.15, 0.2) is 11.5 Å².